The molecule has 1 aliphatic heterocycles. The van der Waals surface area contributed by atoms with Crippen molar-refractivity contribution < 1.29 is 36.9 Å². The van der Waals surface area contributed by atoms with Crippen molar-refractivity contribution in [3.05, 3.63) is 83.4 Å². The maximum Gasteiger partial charge on any atom is 0.414 e. The Morgan fingerprint density at radius 1 is 1.19 bits per heavy atom. The summed E-state index contributed by atoms with van der Waals surface area (Å²) >= 11 is 0. The van der Waals surface area contributed by atoms with E-state index in [1.807, 2.05) is 0 Å². The molecule has 6 rings (SSSR count). The maximum absolute atomic E-state index is 14.1. The van der Waals surface area contributed by atoms with E-state index < -0.39 is 47.8 Å². The van der Waals surface area contributed by atoms with Crippen LogP contribution in [0.15, 0.2) is 60.8 Å². The Labute approximate surface area is 237 Å². The average Bonchev–Trinajstić information content (AvgIpc) is 3.71. The fourth-order valence-corrected chi connectivity index (χ4v) is 4.78. The smallest absolute Gasteiger partial charge is 0.414 e. The van der Waals surface area contributed by atoms with Crippen molar-refractivity contribution >= 4 is 16.8 Å². The molecule has 8 nitrogen and oxygen atoms in total. The van der Waals surface area contributed by atoms with Gasteiger partial charge in [-0.2, -0.15) is 13.2 Å². The highest BCUT2D eigenvalue weighted by atomic mass is 19.4. The number of carbonyl (C=O) groups excluding carboxylic acids is 1. The summed E-state index contributed by atoms with van der Waals surface area (Å²) in [7, 11) is 0. The van der Waals surface area contributed by atoms with Gasteiger partial charge in [-0.15, -0.1) is 0 Å². The van der Waals surface area contributed by atoms with Crippen LogP contribution in [0.25, 0.3) is 22.2 Å². The molecule has 2 aliphatic rings. The molecular formula is C30H26F4N4O4. The number of hydrogen-bond acceptors (Lipinski definition) is 7. The molecule has 2 atom stereocenters. The van der Waals surface area contributed by atoms with Gasteiger partial charge < -0.3 is 25.6 Å². The summed E-state index contributed by atoms with van der Waals surface area (Å²) in [6, 6.07) is 12.7. The van der Waals surface area contributed by atoms with Gasteiger partial charge >= 0.3 is 6.18 Å². The zero-order valence-corrected chi connectivity index (χ0v) is 22.3. The summed E-state index contributed by atoms with van der Waals surface area (Å²) < 4.78 is 67.2. The predicted molar refractivity (Wildman–Crippen MR) is 144 cm³/mol. The van der Waals surface area contributed by atoms with E-state index in [1.165, 1.54) is 19.1 Å². The first-order chi connectivity index (χ1) is 19.9. The van der Waals surface area contributed by atoms with Gasteiger partial charge in [0.15, 0.2) is 11.3 Å². The molecule has 1 fully saturated rings. The third-order valence-electron chi connectivity index (χ3n) is 7.42. The van der Waals surface area contributed by atoms with Crippen LogP contribution in [0.3, 0.4) is 0 Å². The van der Waals surface area contributed by atoms with E-state index in [9.17, 15) is 27.5 Å². The molecule has 4 aromatic rings. The van der Waals surface area contributed by atoms with E-state index in [2.05, 4.69) is 15.3 Å². The lowest BCUT2D eigenvalue weighted by Crippen LogP contribution is -2.52. The minimum absolute atomic E-state index is 0.0467. The van der Waals surface area contributed by atoms with Crippen molar-refractivity contribution in [3.8, 4) is 22.8 Å². The minimum Gasteiger partial charge on any atom is -0.488 e. The highest BCUT2D eigenvalue weighted by Crippen LogP contribution is 2.49. The second-order valence-corrected chi connectivity index (χ2v) is 10.8. The van der Waals surface area contributed by atoms with Gasteiger partial charge in [-0.05, 0) is 68.3 Å². The number of rotatable bonds is 7. The standard InChI is InChI=1S/C30H26F4N4O4/c1-28(40,14-37-27(39)18-11-17-3-2-10-36-24(17)22(12-18)42-20-8-9-20)23-13-21-26(41-15-29(21,35)30(32,33)34)25(38-23)16-4-6-19(31)7-5-16/h2-7,10-13,20,40H,8-9,14-15,35H2,1H3,(H,37,39)/t28?,29-/m0/s1. The van der Waals surface area contributed by atoms with Crippen LogP contribution in [-0.2, 0) is 11.1 Å². The largest absolute Gasteiger partial charge is 0.488 e. The molecule has 218 valence electrons. The zero-order chi connectivity index (χ0) is 29.9. The molecule has 0 radical (unpaired) electrons. The molecule has 1 unspecified atom stereocenters. The van der Waals surface area contributed by atoms with E-state index in [1.54, 1.807) is 30.5 Å². The summed E-state index contributed by atoms with van der Waals surface area (Å²) in [5.74, 6) is -0.852. The summed E-state index contributed by atoms with van der Waals surface area (Å²) in [6.07, 6.45) is -1.38. The number of ether oxygens (including phenoxy) is 2. The SMILES string of the molecule is CC(O)(CNC(=O)c1cc(OC2CC2)c2ncccc2c1)c1cc2c(c(-c3ccc(F)cc3)n1)OC[C@@]2(N)C(F)(F)F. The van der Waals surface area contributed by atoms with Crippen molar-refractivity contribution in [2.45, 2.75) is 43.2 Å². The minimum atomic E-state index is -4.89. The second kappa shape index (κ2) is 9.92. The van der Waals surface area contributed by atoms with Crippen molar-refractivity contribution in [2.24, 2.45) is 5.73 Å². The van der Waals surface area contributed by atoms with Crippen LogP contribution in [0.5, 0.6) is 11.5 Å². The number of alkyl halides is 3. The molecule has 0 spiro atoms. The maximum atomic E-state index is 14.1. The summed E-state index contributed by atoms with van der Waals surface area (Å²) in [5.41, 5.74) is 1.47. The molecular weight excluding hydrogens is 556 g/mol. The van der Waals surface area contributed by atoms with E-state index in [4.69, 9.17) is 15.2 Å². The van der Waals surface area contributed by atoms with E-state index >= 15 is 0 Å². The number of benzene rings is 2. The lowest BCUT2D eigenvalue weighted by atomic mass is 9.88. The summed E-state index contributed by atoms with van der Waals surface area (Å²) in [5, 5.41) is 14.7. The van der Waals surface area contributed by atoms with Crippen LogP contribution in [0.2, 0.25) is 0 Å². The Bertz CT molecular complexity index is 1690. The van der Waals surface area contributed by atoms with E-state index in [0.717, 1.165) is 31.0 Å². The van der Waals surface area contributed by atoms with Gasteiger partial charge in [0.25, 0.3) is 5.91 Å². The molecule has 0 bridgehead atoms. The lowest BCUT2D eigenvalue weighted by Gasteiger charge is -2.28. The summed E-state index contributed by atoms with van der Waals surface area (Å²) in [4.78, 5) is 22.0. The molecule has 3 heterocycles. The van der Waals surface area contributed by atoms with Gasteiger partial charge in [0.1, 0.15) is 35.0 Å². The highest BCUT2D eigenvalue weighted by Gasteiger charge is 2.59. The molecule has 1 amide bonds. The third kappa shape index (κ3) is 5.01. The second-order valence-electron chi connectivity index (χ2n) is 10.8. The number of nitrogens with two attached hydrogens (primary N) is 1. The zero-order valence-electron chi connectivity index (χ0n) is 22.3. The van der Waals surface area contributed by atoms with Gasteiger partial charge in [-0.3, -0.25) is 9.78 Å². The van der Waals surface area contributed by atoms with Crippen LogP contribution in [0, 0.1) is 5.82 Å². The fraction of sp³-hybridized carbons (Fsp3) is 0.300. The first kappa shape index (κ1) is 27.9. The Morgan fingerprint density at radius 3 is 2.62 bits per heavy atom. The van der Waals surface area contributed by atoms with Crippen molar-refractivity contribution in [3.63, 3.8) is 0 Å². The molecule has 12 heteroatoms. The number of pyridine rings is 2. The van der Waals surface area contributed by atoms with Gasteiger partial charge in [-0.1, -0.05) is 6.07 Å². The average molecular weight is 583 g/mol. The first-order valence-electron chi connectivity index (χ1n) is 13.2. The predicted octanol–water partition coefficient (Wildman–Crippen LogP) is 4.72. The normalized spacial score (nSPS) is 19.6. The number of amides is 1. The van der Waals surface area contributed by atoms with Crippen molar-refractivity contribution in [1.29, 1.82) is 0 Å². The number of fused-ring (bicyclic) bond motifs is 2. The fourth-order valence-electron chi connectivity index (χ4n) is 4.78. The number of nitrogens with zero attached hydrogens (tertiary/aromatic N) is 2. The van der Waals surface area contributed by atoms with Gasteiger partial charge in [0, 0.05) is 28.3 Å². The number of nitrogens with one attached hydrogen (secondary N) is 1. The number of carbonyl (C=O) groups is 1. The number of halogens is 4. The van der Waals surface area contributed by atoms with Crippen molar-refractivity contribution in [2.75, 3.05) is 13.2 Å². The number of aliphatic hydroxyl groups is 1. The third-order valence-corrected chi connectivity index (χ3v) is 7.42. The molecule has 2 aromatic heterocycles. The molecule has 42 heavy (non-hydrogen) atoms. The topological polar surface area (TPSA) is 120 Å². The Kier molecular flexibility index (Phi) is 6.58. The first-order valence-corrected chi connectivity index (χ1v) is 13.2. The lowest BCUT2D eigenvalue weighted by molar-refractivity contribution is -0.191. The van der Waals surface area contributed by atoms with Crippen molar-refractivity contribution in [1.82, 2.24) is 15.3 Å². The van der Waals surface area contributed by atoms with Gasteiger partial charge in [-0.25, -0.2) is 9.37 Å². The van der Waals surface area contributed by atoms with Gasteiger partial charge in [0.05, 0.1) is 18.3 Å². The number of aromatic nitrogens is 2. The van der Waals surface area contributed by atoms with Crippen LogP contribution in [0.4, 0.5) is 17.6 Å². The van der Waals surface area contributed by atoms with E-state index in [0.29, 0.717) is 16.7 Å². The molecule has 2 aromatic carbocycles. The van der Waals surface area contributed by atoms with Gasteiger partial charge in [0.2, 0.25) is 0 Å². The van der Waals surface area contributed by atoms with Crippen LogP contribution >= 0.6 is 0 Å². The molecule has 4 N–H and O–H groups in total. The highest BCUT2D eigenvalue weighted by molar-refractivity contribution is 5.99. The Morgan fingerprint density at radius 2 is 1.93 bits per heavy atom. The number of hydrogen-bond donors (Lipinski definition) is 3. The van der Waals surface area contributed by atoms with Crippen LogP contribution < -0.4 is 20.5 Å². The van der Waals surface area contributed by atoms with Crippen LogP contribution in [0.1, 0.15) is 41.4 Å². The van der Waals surface area contributed by atoms with Crippen LogP contribution in [-0.4, -0.2) is 46.4 Å². The molecule has 0 saturated heterocycles. The Hall–Kier alpha value is -4.29. The monoisotopic (exact) mass is 582 g/mol. The Balaban J connectivity index is 1.33. The molecule has 1 aliphatic carbocycles. The van der Waals surface area contributed by atoms with E-state index in [-0.39, 0.29) is 34.4 Å². The molecule has 1 saturated carbocycles. The quantitative estimate of drug-likeness (QED) is 0.270. The summed E-state index contributed by atoms with van der Waals surface area (Å²) in [6.45, 7) is 0.00489.